The van der Waals surface area contributed by atoms with Gasteiger partial charge in [0, 0.05) is 20.4 Å². The van der Waals surface area contributed by atoms with Crippen molar-refractivity contribution in [2.75, 3.05) is 12.3 Å². The van der Waals surface area contributed by atoms with Crippen molar-refractivity contribution in [2.45, 2.75) is 266 Å². The van der Waals surface area contributed by atoms with E-state index >= 15 is 0 Å². The van der Waals surface area contributed by atoms with Gasteiger partial charge < -0.3 is 0 Å². The predicted octanol–water partition coefficient (Wildman–Crippen LogP) is 15.1. The fourth-order valence-electron chi connectivity index (χ4n) is 14.0. The first kappa shape index (κ1) is 41.3. The molecule has 6 rings (SSSR count). The molecule has 3 heteroatoms. The van der Waals surface area contributed by atoms with Crippen molar-refractivity contribution in [3.05, 3.63) is 0 Å². The summed E-state index contributed by atoms with van der Waals surface area (Å²) in [5.41, 5.74) is 7.38. The number of hydrogen-bond donors (Lipinski definition) is 0. The molecule has 0 aromatic carbocycles. The second-order valence-corrected chi connectivity index (χ2v) is 28.8. The van der Waals surface area contributed by atoms with Crippen LogP contribution in [-0.2, 0) is 20.4 Å². The predicted molar refractivity (Wildman–Crippen MR) is 217 cm³/mol. The van der Waals surface area contributed by atoms with Crippen molar-refractivity contribution in [2.24, 2.45) is 0 Å². The van der Waals surface area contributed by atoms with Crippen molar-refractivity contribution < 1.29 is 20.4 Å². The van der Waals surface area contributed by atoms with E-state index in [-0.39, 0.29) is 20.4 Å². The Balaban J connectivity index is 0.000000208. The Labute approximate surface area is 311 Å². The van der Waals surface area contributed by atoms with Gasteiger partial charge in [-0.1, -0.05) is 0 Å². The first-order valence-electron chi connectivity index (χ1n) is 22.8. The zero-order valence-electron chi connectivity index (χ0n) is 32.2. The van der Waals surface area contributed by atoms with Gasteiger partial charge in [0.25, 0.3) is 0 Å². The smallest absolute Gasteiger partial charge is 0 e. The van der Waals surface area contributed by atoms with Gasteiger partial charge in [0.05, 0.1) is 0 Å². The van der Waals surface area contributed by atoms with Crippen molar-refractivity contribution >= 4 is 14.5 Å². The van der Waals surface area contributed by atoms with Crippen molar-refractivity contribution in [1.29, 1.82) is 0 Å². The average molecular weight is 784 g/mol. The molecule has 282 valence electrons. The van der Waals surface area contributed by atoms with Crippen LogP contribution in [0.15, 0.2) is 0 Å². The Morgan fingerprint density at radius 3 is 0.617 bits per heavy atom. The summed E-state index contributed by atoms with van der Waals surface area (Å²) in [6, 6.07) is 0. The summed E-state index contributed by atoms with van der Waals surface area (Å²) in [6.45, 7) is 4.89. The topological polar surface area (TPSA) is 0 Å². The summed E-state index contributed by atoms with van der Waals surface area (Å²) in [7, 11) is -2.23. The molecule has 6 aliphatic rings. The molecule has 0 amide bonds. The first-order chi connectivity index (χ1) is 22.8. The third-order valence-electron chi connectivity index (χ3n) is 16.1. The molecule has 0 N–H and O–H groups in total. The molecule has 0 heterocycles. The Morgan fingerprint density at radius 1 is 0.298 bits per heavy atom. The van der Waals surface area contributed by atoms with Gasteiger partial charge in [0.2, 0.25) is 0 Å². The van der Waals surface area contributed by atoms with Crippen molar-refractivity contribution in [3.63, 3.8) is 0 Å². The van der Waals surface area contributed by atoms with Crippen LogP contribution >= 0.6 is 14.5 Å². The Hall–Kier alpha value is 1.52. The van der Waals surface area contributed by atoms with E-state index < -0.39 is 14.5 Å². The van der Waals surface area contributed by atoms with Gasteiger partial charge >= 0.3 is 293 Å². The fourth-order valence-corrected chi connectivity index (χ4v) is 31.3. The first-order valence-corrected chi connectivity index (χ1v) is 27.6. The van der Waals surface area contributed by atoms with Crippen LogP contribution in [0.3, 0.4) is 0 Å². The van der Waals surface area contributed by atoms with E-state index in [0.717, 1.165) is 0 Å². The van der Waals surface area contributed by atoms with E-state index in [4.69, 9.17) is 0 Å². The summed E-state index contributed by atoms with van der Waals surface area (Å²) < 4.78 is 0. The Bertz CT molecular complexity index is 620. The van der Waals surface area contributed by atoms with E-state index in [1.54, 1.807) is 218 Å². The van der Waals surface area contributed by atoms with Crippen LogP contribution < -0.4 is 0 Å². The van der Waals surface area contributed by atoms with Crippen molar-refractivity contribution in [1.82, 2.24) is 0 Å². The summed E-state index contributed by atoms with van der Waals surface area (Å²) in [5.74, 6) is 0. The number of unbranched alkanes of at least 4 members (excludes halogenated alkanes) is 2. The molecule has 0 radical (unpaired) electrons. The molecule has 0 spiro atoms. The van der Waals surface area contributed by atoms with E-state index in [1.807, 2.05) is 0 Å². The van der Waals surface area contributed by atoms with Gasteiger partial charge in [-0.25, -0.2) is 0 Å². The van der Waals surface area contributed by atoms with Gasteiger partial charge in [-0.05, 0) is 0 Å². The van der Waals surface area contributed by atoms with Gasteiger partial charge in [0.15, 0.2) is 0 Å². The second-order valence-electron chi connectivity index (χ2n) is 18.4. The van der Waals surface area contributed by atoms with Gasteiger partial charge in [-0.15, -0.1) is 0 Å². The molecule has 0 nitrogen and oxygen atoms in total. The van der Waals surface area contributed by atoms with Crippen LogP contribution in [0.5, 0.6) is 0 Å². The van der Waals surface area contributed by atoms with Gasteiger partial charge in [-0.3, -0.25) is 0 Å². The van der Waals surface area contributed by atoms with E-state index in [0.29, 0.717) is 0 Å². The SMILES string of the molecule is CCCC[PH](C1CCCCC1)(C1CCCCC1)C1CCCCC1.CCCC[PH](C1CCCCC1)(C1CCCCC1)C1CCCCC1.[Pd]. The zero-order valence-corrected chi connectivity index (χ0v) is 35.8. The molecule has 0 saturated heterocycles. The number of rotatable bonds is 12. The van der Waals surface area contributed by atoms with E-state index in [2.05, 4.69) is 13.8 Å². The molecule has 0 aromatic rings. The van der Waals surface area contributed by atoms with Crippen LogP contribution in [0, 0.1) is 0 Å². The Kier molecular flexibility index (Phi) is 19.8. The molecule has 6 fully saturated rings. The molecule has 47 heavy (non-hydrogen) atoms. The molecule has 0 aliphatic heterocycles. The molecule has 6 saturated carbocycles. The quantitative estimate of drug-likeness (QED) is 0.137. The second kappa shape index (κ2) is 22.6. The van der Waals surface area contributed by atoms with Gasteiger partial charge in [0.1, 0.15) is 0 Å². The van der Waals surface area contributed by atoms with Crippen LogP contribution in [0.1, 0.15) is 232 Å². The maximum atomic E-state index is 2.45. The maximum Gasteiger partial charge on any atom is 0 e. The third kappa shape index (κ3) is 10.8. The molecule has 0 aromatic heterocycles. The molecule has 0 unspecified atom stereocenters. The van der Waals surface area contributed by atoms with Gasteiger partial charge in [-0.2, -0.15) is 0 Å². The van der Waals surface area contributed by atoms with Crippen LogP contribution in [-0.4, -0.2) is 46.3 Å². The normalized spacial score (nSPS) is 26.6. The number of hydrogen-bond acceptors (Lipinski definition) is 0. The van der Waals surface area contributed by atoms with E-state index in [1.165, 1.54) is 46.8 Å². The molecule has 0 bridgehead atoms. The Morgan fingerprint density at radius 2 is 0.468 bits per heavy atom. The minimum atomic E-state index is -1.11. The van der Waals surface area contributed by atoms with Crippen molar-refractivity contribution in [3.8, 4) is 0 Å². The largest absolute Gasteiger partial charge is 0 e. The van der Waals surface area contributed by atoms with Crippen LogP contribution in [0.4, 0.5) is 0 Å². The fraction of sp³-hybridized carbons (Fsp3) is 1.00. The minimum absolute atomic E-state index is 0. The summed E-state index contributed by atoms with van der Waals surface area (Å²) >= 11 is 0. The molecule has 6 aliphatic carbocycles. The average Bonchev–Trinajstić information content (AvgIpc) is 3.15. The van der Waals surface area contributed by atoms with E-state index in [9.17, 15) is 0 Å². The maximum absolute atomic E-state index is 2.45. The summed E-state index contributed by atoms with van der Waals surface area (Å²) in [6.07, 6.45) is 57.3. The summed E-state index contributed by atoms with van der Waals surface area (Å²) in [5, 5.41) is 0. The summed E-state index contributed by atoms with van der Waals surface area (Å²) in [4.78, 5) is 0. The molecular weight excluding hydrogens is 697 g/mol. The minimum Gasteiger partial charge on any atom is 0 e. The van der Waals surface area contributed by atoms with Crippen LogP contribution in [0.2, 0.25) is 0 Å². The zero-order chi connectivity index (χ0) is 31.9. The third-order valence-corrected chi connectivity index (χ3v) is 31.1. The molecular formula is C44H86P2Pd. The monoisotopic (exact) mass is 783 g/mol. The standard InChI is InChI=1S/2C22H43P.Pd/c2*1-2-3-19-23(20-13-7-4-8-14-20,21-15-9-5-10-16-21)22-17-11-6-12-18-22;/h2*20-23H,2-19H2,1H3;. The van der Waals surface area contributed by atoms with Crippen LogP contribution in [0.25, 0.3) is 0 Å². The molecule has 0 atom stereocenters.